The Morgan fingerprint density at radius 2 is 1.92 bits per heavy atom. The highest BCUT2D eigenvalue weighted by atomic mass is 16.1. The van der Waals surface area contributed by atoms with E-state index in [-0.39, 0.29) is 17.5 Å². The Morgan fingerprint density at radius 1 is 1.23 bits per heavy atom. The zero-order valence-electron chi connectivity index (χ0n) is 15.3. The van der Waals surface area contributed by atoms with Gasteiger partial charge in [0.15, 0.2) is 0 Å². The molecular formula is C21H24N4O. The number of benzene rings is 1. The van der Waals surface area contributed by atoms with Crippen LogP contribution in [0, 0.1) is 25.2 Å². The third-order valence-corrected chi connectivity index (χ3v) is 4.94. The van der Waals surface area contributed by atoms with Gasteiger partial charge < -0.3 is 5.32 Å². The van der Waals surface area contributed by atoms with Crippen LogP contribution in [0.3, 0.4) is 0 Å². The molecule has 1 aromatic carbocycles. The van der Waals surface area contributed by atoms with E-state index in [1.807, 2.05) is 48.9 Å². The standard InChI is InChI=1S/C21H24N4O/c1-15-20(16(2)25(24-15)19-11-7-4-8-12-19)13-17(14-22)21(26)23-18-9-5-3-6-10-18/h4,7-8,11-13,18H,3,5-6,9-10H2,1-2H3,(H,23,26)/b17-13+. The number of carbonyl (C=O) groups excluding carboxylic acids is 1. The molecule has 5 nitrogen and oxygen atoms in total. The van der Waals surface area contributed by atoms with Crippen LogP contribution in [0.5, 0.6) is 0 Å². The minimum Gasteiger partial charge on any atom is -0.349 e. The molecule has 0 bridgehead atoms. The van der Waals surface area contributed by atoms with E-state index < -0.39 is 0 Å². The molecular weight excluding hydrogens is 324 g/mol. The molecule has 0 aliphatic heterocycles. The van der Waals surface area contributed by atoms with Crippen molar-refractivity contribution in [2.75, 3.05) is 0 Å². The molecule has 26 heavy (non-hydrogen) atoms. The largest absolute Gasteiger partial charge is 0.349 e. The van der Waals surface area contributed by atoms with Crippen LogP contribution in [-0.2, 0) is 4.79 Å². The summed E-state index contributed by atoms with van der Waals surface area (Å²) in [6.07, 6.45) is 7.15. The number of nitriles is 1. The first-order chi connectivity index (χ1) is 12.6. The van der Waals surface area contributed by atoms with E-state index in [1.165, 1.54) is 6.42 Å². The molecule has 1 fully saturated rings. The molecule has 1 aliphatic rings. The smallest absolute Gasteiger partial charge is 0.262 e. The van der Waals surface area contributed by atoms with Gasteiger partial charge in [-0.1, -0.05) is 37.5 Å². The SMILES string of the molecule is Cc1nn(-c2ccccc2)c(C)c1/C=C(\C#N)C(=O)NC1CCCCC1. The number of hydrogen-bond donors (Lipinski definition) is 1. The van der Waals surface area contributed by atoms with Crippen LogP contribution in [0.25, 0.3) is 11.8 Å². The van der Waals surface area contributed by atoms with Crippen molar-refractivity contribution >= 4 is 12.0 Å². The van der Waals surface area contributed by atoms with Gasteiger partial charge >= 0.3 is 0 Å². The molecule has 134 valence electrons. The second-order valence-electron chi connectivity index (χ2n) is 6.81. The Balaban J connectivity index is 1.86. The molecule has 1 heterocycles. The summed E-state index contributed by atoms with van der Waals surface area (Å²) in [4.78, 5) is 12.5. The molecule has 1 saturated carbocycles. The molecule has 1 aromatic heterocycles. The van der Waals surface area contributed by atoms with E-state index in [2.05, 4.69) is 16.5 Å². The summed E-state index contributed by atoms with van der Waals surface area (Å²) in [6, 6.07) is 12.1. The molecule has 0 atom stereocenters. The number of carbonyl (C=O) groups is 1. The Bertz CT molecular complexity index is 852. The zero-order valence-corrected chi connectivity index (χ0v) is 15.3. The lowest BCUT2D eigenvalue weighted by molar-refractivity contribution is -0.117. The van der Waals surface area contributed by atoms with Crippen molar-refractivity contribution in [3.63, 3.8) is 0 Å². The molecule has 5 heteroatoms. The van der Waals surface area contributed by atoms with Crippen LogP contribution in [0.4, 0.5) is 0 Å². The average Bonchev–Trinajstić information content (AvgIpc) is 2.95. The van der Waals surface area contributed by atoms with Gasteiger partial charge in [-0.25, -0.2) is 4.68 Å². The predicted molar refractivity (Wildman–Crippen MR) is 102 cm³/mol. The number of aryl methyl sites for hydroxylation is 1. The fourth-order valence-corrected chi connectivity index (χ4v) is 3.49. The number of nitrogens with one attached hydrogen (secondary N) is 1. The van der Waals surface area contributed by atoms with Crippen molar-refractivity contribution in [3.8, 4) is 11.8 Å². The number of nitrogens with zero attached hydrogens (tertiary/aromatic N) is 3. The van der Waals surface area contributed by atoms with Crippen LogP contribution in [-0.4, -0.2) is 21.7 Å². The first kappa shape index (κ1) is 17.9. The normalized spacial score (nSPS) is 15.5. The Hall–Kier alpha value is -2.87. The van der Waals surface area contributed by atoms with E-state index in [4.69, 9.17) is 0 Å². The summed E-state index contributed by atoms with van der Waals surface area (Å²) in [6.45, 7) is 3.85. The van der Waals surface area contributed by atoms with E-state index in [9.17, 15) is 10.1 Å². The maximum absolute atomic E-state index is 12.5. The van der Waals surface area contributed by atoms with Crippen LogP contribution < -0.4 is 5.32 Å². The van der Waals surface area contributed by atoms with Gasteiger partial charge in [0.05, 0.1) is 11.4 Å². The van der Waals surface area contributed by atoms with Crippen LogP contribution in [0.1, 0.15) is 49.1 Å². The lowest BCUT2D eigenvalue weighted by atomic mass is 9.95. The van der Waals surface area contributed by atoms with Crippen LogP contribution in [0.2, 0.25) is 0 Å². The third-order valence-electron chi connectivity index (χ3n) is 4.94. The molecule has 0 saturated heterocycles. The highest BCUT2D eigenvalue weighted by Crippen LogP contribution is 2.21. The summed E-state index contributed by atoms with van der Waals surface area (Å²) in [7, 11) is 0. The molecule has 0 radical (unpaired) electrons. The Kier molecular flexibility index (Phi) is 5.52. The number of aromatic nitrogens is 2. The summed E-state index contributed by atoms with van der Waals surface area (Å²) in [5.41, 5.74) is 3.62. The number of hydrogen-bond acceptors (Lipinski definition) is 3. The summed E-state index contributed by atoms with van der Waals surface area (Å²) in [5, 5.41) is 17.1. The van der Waals surface area contributed by atoms with Crippen molar-refractivity contribution in [2.45, 2.75) is 52.0 Å². The van der Waals surface area contributed by atoms with Crippen molar-refractivity contribution < 1.29 is 4.79 Å². The molecule has 1 amide bonds. The number of amides is 1. The lowest BCUT2D eigenvalue weighted by Crippen LogP contribution is -2.36. The fourth-order valence-electron chi connectivity index (χ4n) is 3.49. The lowest BCUT2D eigenvalue weighted by Gasteiger charge is -2.22. The van der Waals surface area contributed by atoms with Gasteiger partial charge in [0.2, 0.25) is 0 Å². The number of rotatable bonds is 4. The van der Waals surface area contributed by atoms with Gasteiger partial charge in [0.25, 0.3) is 5.91 Å². The van der Waals surface area contributed by atoms with Crippen LogP contribution in [0.15, 0.2) is 35.9 Å². The van der Waals surface area contributed by atoms with Gasteiger partial charge in [0.1, 0.15) is 11.6 Å². The van der Waals surface area contributed by atoms with Gasteiger partial charge in [-0.3, -0.25) is 4.79 Å². The average molecular weight is 348 g/mol. The first-order valence-corrected chi connectivity index (χ1v) is 9.14. The third kappa shape index (κ3) is 3.85. The van der Waals surface area contributed by atoms with Gasteiger partial charge in [-0.15, -0.1) is 0 Å². The van der Waals surface area contributed by atoms with Gasteiger partial charge in [-0.05, 0) is 44.9 Å². The van der Waals surface area contributed by atoms with E-state index in [1.54, 1.807) is 6.08 Å². The second-order valence-corrected chi connectivity index (χ2v) is 6.81. The minimum atomic E-state index is -0.286. The highest BCUT2D eigenvalue weighted by molar-refractivity contribution is 6.02. The molecule has 3 rings (SSSR count). The molecule has 1 aliphatic carbocycles. The molecule has 1 N–H and O–H groups in total. The highest BCUT2D eigenvalue weighted by Gasteiger charge is 2.19. The Morgan fingerprint density at radius 3 is 2.58 bits per heavy atom. The molecule has 0 spiro atoms. The van der Waals surface area contributed by atoms with Crippen molar-refractivity contribution in [1.82, 2.24) is 15.1 Å². The topological polar surface area (TPSA) is 70.7 Å². The van der Waals surface area contributed by atoms with E-state index in [0.29, 0.717) is 0 Å². The first-order valence-electron chi connectivity index (χ1n) is 9.14. The van der Waals surface area contributed by atoms with Crippen LogP contribution >= 0.6 is 0 Å². The van der Waals surface area contributed by atoms with Gasteiger partial charge in [0, 0.05) is 17.3 Å². The predicted octanol–water partition coefficient (Wildman–Crippen LogP) is 3.85. The summed E-state index contributed by atoms with van der Waals surface area (Å²) < 4.78 is 1.84. The fraction of sp³-hybridized carbons (Fsp3) is 0.381. The quantitative estimate of drug-likeness (QED) is 0.674. The van der Waals surface area contributed by atoms with E-state index >= 15 is 0 Å². The van der Waals surface area contributed by atoms with Crippen molar-refractivity contribution in [1.29, 1.82) is 5.26 Å². The monoisotopic (exact) mass is 348 g/mol. The second kappa shape index (κ2) is 8.01. The zero-order chi connectivity index (χ0) is 18.5. The summed E-state index contributed by atoms with van der Waals surface area (Å²) in [5.74, 6) is -0.286. The maximum Gasteiger partial charge on any atom is 0.262 e. The maximum atomic E-state index is 12.5. The Labute approximate surface area is 154 Å². The summed E-state index contributed by atoms with van der Waals surface area (Å²) >= 11 is 0. The van der Waals surface area contributed by atoms with Crippen molar-refractivity contribution in [2.24, 2.45) is 0 Å². The minimum absolute atomic E-state index is 0.134. The van der Waals surface area contributed by atoms with Crippen molar-refractivity contribution in [3.05, 3.63) is 52.9 Å². The van der Waals surface area contributed by atoms with Gasteiger partial charge in [-0.2, -0.15) is 10.4 Å². The number of para-hydroxylation sites is 1. The van der Waals surface area contributed by atoms with E-state index in [0.717, 1.165) is 48.3 Å². The molecule has 0 unspecified atom stereocenters. The molecule has 2 aromatic rings.